The molecule has 0 unspecified atom stereocenters. The number of alkyl halides is 1. The first-order chi connectivity index (χ1) is 12.3. The van der Waals surface area contributed by atoms with Gasteiger partial charge in [0.1, 0.15) is 6.17 Å². The summed E-state index contributed by atoms with van der Waals surface area (Å²) in [6.45, 7) is 7.17. The average Bonchev–Trinajstić information content (AvgIpc) is 2.56. The lowest BCUT2D eigenvalue weighted by Crippen LogP contribution is -2.52. The third-order valence-corrected chi connectivity index (χ3v) is 5.41. The van der Waals surface area contributed by atoms with Crippen molar-refractivity contribution in [3.8, 4) is 0 Å². The van der Waals surface area contributed by atoms with Crippen LogP contribution in [0.25, 0.3) is 0 Å². The van der Waals surface area contributed by atoms with Gasteiger partial charge in [-0.1, -0.05) is 12.1 Å². The minimum atomic E-state index is -2.37. The van der Waals surface area contributed by atoms with Crippen LogP contribution in [0.15, 0.2) is 30.1 Å². The molecule has 0 aliphatic heterocycles. The second-order valence-electron chi connectivity index (χ2n) is 6.92. The quantitative estimate of drug-likeness (QED) is 0.421. The molecule has 0 bridgehead atoms. The lowest BCUT2D eigenvalue weighted by molar-refractivity contribution is -0.140. The normalized spacial score (nSPS) is 17.1. The Balaban J connectivity index is 3.45. The lowest BCUT2D eigenvalue weighted by Gasteiger charge is -2.35. The second-order valence-corrected chi connectivity index (χ2v) is 8.89. The van der Waals surface area contributed by atoms with Crippen LogP contribution in [0.4, 0.5) is 17.6 Å². The molecule has 1 aromatic rings. The molecule has 0 saturated heterocycles. The van der Waals surface area contributed by atoms with E-state index in [9.17, 15) is 22.2 Å². The van der Waals surface area contributed by atoms with Crippen LogP contribution in [-0.4, -0.2) is 27.7 Å². The number of halogens is 4. The summed E-state index contributed by atoms with van der Waals surface area (Å²) in [6.07, 6.45) is -2.08. The van der Waals surface area contributed by atoms with E-state index in [0.29, 0.717) is 0 Å². The van der Waals surface area contributed by atoms with Crippen LogP contribution in [0.3, 0.4) is 0 Å². The van der Waals surface area contributed by atoms with Gasteiger partial charge in [0.25, 0.3) is 0 Å². The molecule has 0 spiro atoms. The van der Waals surface area contributed by atoms with Crippen LogP contribution in [0.1, 0.15) is 40.2 Å². The number of carbonyl (C=O) groups is 1. The Morgan fingerprint density at radius 1 is 1.30 bits per heavy atom. The topological polar surface area (TPSA) is 55.4 Å². The fourth-order valence-electron chi connectivity index (χ4n) is 2.07. The van der Waals surface area contributed by atoms with Crippen molar-refractivity contribution < 1.29 is 31.3 Å². The van der Waals surface area contributed by atoms with Crippen molar-refractivity contribution in [2.45, 2.75) is 51.1 Å². The van der Waals surface area contributed by atoms with Gasteiger partial charge in [0, 0.05) is 5.56 Å². The Labute approximate surface area is 158 Å². The van der Waals surface area contributed by atoms with Crippen molar-refractivity contribution in [3.63, 3.8) is 0 Å². The summed E-state index contributed by atoms with van der Waals surface area (Å²) >= 11 is 0. The highest BCUT2D eigenvalue weighted by molar-refractivity contribution is 7.84. The average molecular weight is 409 g/mol. The zero-order valence-electron chi connectivity index (χ0n) is 15.7. The van der Waals surface area contributed by atoms with E-state index in [1.165, 1.54) is 6.92 Å². The van der Waals surface area contributed by atoms with E-state index in [0.717, 1.165) is 25.1 Å². The molecule has 27 heavy (non-hydrogen) atoms. The van der Waals surface area contributed by atoms with E-state index in [1.54, 1.807) is 20.8 Å². The first kappa shape index (κ1) is 23.3. The molecule has 0 aliphatic rings. The van der Waals surface area contributed by atoms with Gasteiger partial charge in [-0.05, 0) is 46.8 Å². The molecular formula is C18H23F4NO3S. The van der Waals surface area contributed by atoms with Crippen molar-refractivity contribution in [1.29, 1.82) is 0 Å². The van der Waals surface area contributed by atoms with Crippen molar-refractivity contribution in [2.75, 3.05) is 6.61 Å². The maximum Gasteiger partial charge on any atom is 0.366 e. The van der Waals surface area contributed by atoms with Crippen molar-refractivity contribution >= 4 is 17.0 Å². The largest absolute Gasteiger partial charge is 0.461 e. The Morgan fingerprint density at radius 3 is 2.41 bits per heavy atom. The van der Waals surface area contributed by atoms with E-state index in [2.05, 4.69) is 9.46 Å². The maximum atomic E-state index is 15.0. The van der Waals surface area contributed by atoms with E-state index >= 15 is 4.39 Å². The molecule has 0 saturated carbocycles. The molecule has 0 aromatic heterocycles. The molecule has 1 aromatic carbocycles. The Hall–Kier alpha value is -1.74. The number of hydrogen-bond donors (Lipinski definition) is 1. The summed E-state index contributed by atoms with van der Waals surface area (Å²) in [5.41, 5.74) is -2.63. The van der Waals surface area contributed by atoms with Crippen LogP contribution in [-0.2, 0) is 26.1 Å². The van der Waals surface area contributed by atoms with Gasteiger partial charge in [0.15, 0.2) is 11.6 Å². The number of carbonyl (C=O) groups excluding carboxylic acids is 1. The molecule has 9 heteroatoms. The maximum absolute atomic E-state index is 15.0. The molecule has 0 amide bonds. The third-order valence-electron chi connectivity index (χ3n) is 3.69. The van der Waals surface area contributed by atoms with Crippen molar-refractivity contribution in [1.82, 2.24) is 4.72 Å². The van der Waals surface area contributed by atoms with Gasteiger partial charge in [-0.3, -0.25) is 0 Å². The number of rotatable bonds is 7. The van der Waals surface area contributed by atoms with E-state index in [1.807, 2.05) is 0 Å². The molecule has 0 fully saturated rings. The van der Waals surface area contributed by atoms with Gasteiger partial charge in [-0.2, -0.15) is 4.39 Å². The molecular weight excluding hydrogens is 386 g/mol. The van der Waals surface area contributed by atoms with Gasteiger partial charge in [-0.25, -0.2) is 26.9 Å². The Kier molecular flexibility index (Phi) is 7.74. The molecule has 152 valence electrons. The van der Waals surface area contributed by atoms with Gasteiger partial charge in [0.05, 0.1) is 27.9 Å². The van der Waals surface area contributed by atoms with E-state index in [4.69, 9.17) is 0 Å². The predicted molar refractivity (Wildman–Crippen MR) is 95.5 cm³/mol. The summed E-state index contributed by atoms with van der Waals surface area (Å²) in [4.78, 5) is 11.4. The highest BCUT2D eigenvalue weighted by Crippen LogP contribution is 2.33. The highest BCUT2D eigenvalue weighted by Gasteiger charge is 2.42. The number of ether oxygens (including phenoxy) is 1. The van der Waals surface area contributed by atoms with Crippen LogP contribution < -0.4 is 4.72 Å². The van der Waals surface area contributed by atoms with Crippen molar-refractivity contribution in [2.24, 2.45) is 0 Å². The molecule has 1 N–H and O–H groups in total. The minimum Gasteiger partial charge on any atom is -0.461 e. The smallest absolute Gasteiger partial charge is 0.366 e. The van der Waals surface area contributed by atoms with Crippen LogP contribution in [0.5, 0.6) is 0 Å². The van der Waals surface area contributed by atoms with E-state index < -0.39 is 56.4 Å². The fourth-order valence-corrected chi connectivity index (χ4v) is 2.99. The number of esters is 1. The zero-order chi connectivity index (χ0) is 21.0. The Bertz CT molecular complexity index is 749. The molecule has 3 atom stereocenters. The number of nitrogens with one attached hydrogen (secondary N) is 1. The SMILES string of the molecule is CCOC(=O)C(F)=C[C@H](F)[C@](C)(N[S@](=O)C(C)(C)C)c1cccc(F)c1F. The summed E-state index contributed by atoms with van der Waals surface area (Å²) in [5.74, 6) is -5.54. The molecule has 1 rings (SSSR count). The minimum absolute atomic E-state index is 0.126. The third kappa shape index (κ3) is 5.62. The lowest BCUT2D eigenvalue weighted by atomic mass is 9.87. The second kappa shape index (κ2) is 8.97. The highest BCUT2D eigenvalue weighted by atomic mass is 32.2. The summed E-state index contributed by atoms with van der Waals surface area (Å²) in [5, 5.41) is 0. The monoisotopic (exact) mass is 409 g/mol. The molecule has 0 heterocycles. The van der Waals surface area contributed by atoms with Gasteiger partial charge < -0.3 is 4.74 Å². The first-order valence-electron chi connectivity index (χ1n) is 8.17. The number of benzene rings is 1. The first-order valence-corrected chi connectivity index (χ1v) is 9.32. The van der Waals surface area contributed by atoms with Crippen molar-refractivity contribution in [3.05, 3.63) is 47.3 Å². The molecule has 0 aliphatic carbocycles. The van der Waals surface area contributed by atoms with Crippen LogP contribution in [0.2, 0.25) is 0 Å². The zero-order valence-corrected chi connectivity index (χ0v) is 16.6. The van der Waals surface area contributed by atoms with Gasteiger partial charge in [-0.15, -0.1) is 0 Å². The summed E-state index contributed by atoms with van der Waals surface area (Å²) < 4.78 is 75.4. The molecule has 0 radical (unpaired) electrons. The Morgan fingerprint density at radius 2 is 1.89 bits per heavy atom. The molecule has 4 nitrogen and oxygen atoms in total. The summed E-state index contributed by atoms with van der Waals surface area (Å²) in [6, 6.07) is 3.07. The van der Waals surface area contributed by atoms with Gasteiger partial charge >= 0.3 is 5.97 Å². The van der Waals surface area contributed by atoms with Crippen LogP contribution in [0, 0.1) is 11.6 Å². The van der Waals surface area contributed by atoms with Crippen LogP contribution >= 0.6 is 0 Å². The van der Waals surface area contributed by atoms with E-state index in [-0.39, 0.29) is 12.7 Å². The fraction of sp³-hybridized carbons (Fsp3) is 0.500. The standard InChI is InChI=1S/C18H23F4NO3S/c1-6-26-16(24)13(20)10-14(21)18(5,23-27(25)17(2,3)4)11-8-7-9-12(19)15(11)22/h7-10,14,23H,6H2,1-5H3/t14-,18+,27+/m0/s1. The predicted octanol–water partition coefficient (Wildman–Crippen LogP) is 3.99. The number of hydrogen-bond acceptors (Lipinski definition) is 3. The summed E-state index contributed by atoms with van der Waals surface area (Å²) in [7, 11) is -1.92. The van der Waals surface area contributed by atoms with Gasteiger partial charge in [0.2, 0.25) is 5.83 Å².